The van der Waals surface area contributed by atoms with E-state index in [0.717, 1.165) is 38.4 Å². The lowest BCUT2D eigenvalue weighted by molar-refractivity contribution is -0.137. The van der Waals surface area contributed by atoms with Gasteiger partial charge in [-0.3, -0.25) is 0 Å². The van der Waals surface area contributed by atoms with Crippen LogP contribution >= 0.6 is 0 Å². The summed E-state index contributed by atoms with van der Waals surface area (Å²) in [4.78, 5) is 1.78. The summed E-state index contributed by atoms with van der Waals surface area (Å²) < 4.78 is 36.0. The topological polar surface area (TPSA) is 15.3 Å². The van der Waals surface area contributed by atoms with Crippen molar-refractivity contribution in [3.8, 4) is 0 Å². The fraction of sp³-hybridized carbons (Fsp3) is 1.00. The summed E-state index contributed by atoms with van der Waals surface area (Å²) in [6.07, 6.45) is -0.103. The van der Waals surface area contributed by atoms with Crippen LogP contribution in [0.25, 0.3) is 0 Å². The molecular weight excluding hydrogens is 229 g/mol. The highest BCUT2D eigenvalue weighted by Crippen LogP contribution is 2.20. The van der Waals surface area contributed by atoms with E-state index in [-0.39, 0.29) is 6.54 Å². The number of alkyl halides is 3. The van der Waals surface area contributed by atoms with Crippen LogP contribution in [0.4, 0.5) is 13.2 Å². The lowest BCUT2D eigenvalue weighted by Gasteiger charge is -2.24. The van der Waals surface area contributed by atoms with Crippen LogP contribution in [-0.4, -0.2) is 44.3 Å². The van der Waals surface area contributed by atoms with Crippen LogP contribution in [0.5, 0.6) is 0 Å². The molecule has 1 N–H and O–H groups in total. The second-order valence-electron chi connectivity index (χ2n) is 5.02. The van der Waals surface area contributed by atoms with Gasteiger partial charge in [0.2, 0.25) is 0 Å². The molecule has 0 amide bonds. The SMILES string of the molecule is CN(CCCC1CCCNC1)CCC(F)(F)F. The Kier molecular flexibility index (Phi) is 6.27. The summed E-state index contributed by atoms with van der Waals surface area (Å²) in [6, 6.07) is 0. The standard InChI is InChI=1S/C12H23F3N2/c1-17(9-6-12(13,14)15)8-3-5-11-4-2-7-16-10-11/h11,16H,2-10H2,1H3. The summed E-state index contributed by atoms with van der Waals surface area (Å²) in [6.45, 7) is 3.08. The Morgan fingerprint density at radius 3 is 2.65 bits per heavy atom. The first-order valence-corrected chi connectivity index (χ1v) is 6.43. The zero-order valence-electron chi connectivity index (χ0n) is 10.5. The van der Waals surface area contributed by atoms with E-state index in [1.165, 1.54) is 12.8 Å². The van der Waals surface area contributed by atoms with E-state index in [0.29, 0.717) is 0 Å². The zero-order valence-corrected chi connectivity index (χ0v) is 10.5. The predicted molar refractivity (Wildman–Crippen MR) is 63.0 cm³/mol. The maximum absolute atomic E-state index is 12.0. The first kappa shape index (κ1) is 14.8. The van der Waals surface area contributed by atoms with Crippen molar-refractivity contribution < 1.29 is 13.2 Å². The van der Waals surface area contributed by atoms with Crippen LogP contribution in [0, 0.1) is 5.92 Å². The van der Waals surface area contributed by atoms with Crippen molar-refractivity contribution in [3.05, 3.63) is 0 Å². The lowest BCUT2D eigenvalue weighted by atomic mass is 9.95. The molecule has 0 aromatic heterocycles. The number of halogens is 3. The molecule has 0 spiro atoms. The maximum Gasteiger partial charge on any atom is 0.390 e. The molecular formula is C12H23F3N2. The summed E-state index contributed by atoms with van der Waals surface area (Å²) in [5, 5.41) is 3.36. The monoisotopic (exact) mass is 252 g/mol. The summed E-state index contributed by atoms with van der Waals surface area (Å²) in [5.74, 6) is 0.722. The molecule has 0 radical (unpaired) electrons. The van der Waals surface area contributed by atoms with E-state index in [9.17, 15) is 13.2 Å². The fourth-order valence-electron chi connectivity index (χ4n) is 2.25. The summed E-state index contributed by atoms with van der Waals surface area (Å²) >= 11 is 0. The third-order valence-electron chi connectivity index (χ3n) is 3.33. The first-order valence-electron chi connectivity index (χ1n) is 6.43. The van der Waals surface area contributed by atoms with Crippen LogP contribution in [0.3, 0.4) is 0 Å². The van der Waals surface area contributed by atoms with Crippen LogP contribution in [-0.2, 0) is 0 Å². The van der Waals surface area contributed by atoms with Crippen LogP contribution in [0.1, 0.15) is 32.1 Å². The minimum atomic E-state index is -4.03. The molecule has 1 heterocycles. The number of hydrogen-bond acceptors (Lipinski definition) is 2. The van der Waals surface area contributed by atoms with Crippen LogP contribution in [0.15, 0.2) is 0 Å². The van der Waals surface area contributed by atoms with Crippen LogP contribution < -0.4 is 5.32 Å². The number of nitrogens with one attached hydrogen (secondary N) is 1. The fourth-order valence-corrected chi connectivity index (χ4v) is 2.25. The van der Waals surface area contributed by atoms with E-state index in [1.807, 2.05) is 0 Å². The molecule has 1 unspecified atom stereocenters. The molecule has 0 aromatic rings. The van der Waals surface area contributed by atoms with Gasteiger partial charge in [-0.15, -0.1) is 0 Å². The van der Waals surface area contributed by atoms with Gasteiger partial charge in [0.15, 0.2) is 0 Å². The molecule has 0 aromatic carbocycles. The van der Waals surface area contributed by atoms with E-state index in [4.69, 9.17) is 0 Å². The molecule has 0 bridgehead atoms. The Bertz CT molecular complexity index is 200. The van der Waals surface area contributed by atoms with Crippen molar-refractivity contribution in [2.75, 3.05) is 33.2 Å². The Morgan fingerprint density at radius 1 is 1.29 bits per heavy atom. The highest BCUT2D eigenvalue weighted by atomic mass is 19.4. The first-order chi connectivity index (χ1) is 7.97. The van der Waals surface area contributed by atoms with Gasteiger partial charge in [0.1, 0.15) is 0 Å². The molecule has 0 saturated carbocycles. The van der Waals surface area contributed by atoms with Gasteiger partial charge in [-0.05, 0) is 58.3 Å². The Hall–Kier alpha value is -0.290. The molecule has 1 aliphatic rings. The van der Waals surface area contributed by atoms with Gasteiger partial charge in [-0.25, -0.2) is 0 Å². The second kappa shape index (κ2) is 7.21. The maximum atomic E-state index is 12.0. The Morgan fingerprint density at radius 2 is 2.06 bits per heavy atom. The van der Waals surface area contributed by atoms with E-state index < -0.39 is 12.6 Å². The van der Waals surface area contributed by atoms with Gasteiger partial charge >= 0.3 is 6.18 Å². The van der Waals surface area contributed by atoms with Crippen LogP contribution in [0.2, 0.25) is 0 Å². The predicted octanol–water partition coefficient (Wildman–Crippen LogP) is 2.65. The van der Waals surface area contributed by atoms with E-state index >= 15 is 0 Å². The molecule has 1 saturated heterocycles. The van der Waals surface area contributed by atoms with Crippen molar-refractivity contribution in [1.29, 1.82) is 0 Å². The number of nitrogens with zero attached hydrogens (tertiary/aromatic N) is 1. The largest absolute Gasteiger partial charge is 0.390 e. The number of hydrogen-bond donors (Lipinski definition) is 1. The smallest absolute Gasteiger partial charge is 0.316 e. The number of piperidine rings is 1. The molecule has 17 heavy (non-hydrogen) atoms. The third-order valence-corrected chi connectivity index (χ3v) is 3.33. The molecule has 1 atom stereocenters. The average molecular weight is 252 g/mol. The molecule has 1 fully saturated rings. The molecule has 1 aliphatic heterocycles. The van der Waals surface area contributed by atoms with Crippen molar-refractivity contribution in [1.82, 2.24) is 10.2 Å². The molecule has 1 rings (SSSR count). The molecule has 2 nitrogen and oxygen atoms in total. The Labute approximate surface area is 102 Å². The summed E-state index contributed by atoms with van der Waals surface area (Å²) in [5.41, 5.74) is 0. The lowest BCUT2D eigenvalue weighted by Crippen LogP contribution is -2.30. The normalized spacial score (nSPS) is 22.1. The molecule has 5 heteroatoms. The third kappa shape index (κ3) is 7.60. The van der Waals surface area contributed by atoms with E-state index in [2.05, 4.69) is 5.32 Å². The van der Waals surface area contributed by atoms with Crippen molar-refractivity contribution in [2.24, 2.45) is 5.92 Å². The minimum Gasteiger partial charge on any atom is -0.316 e. The second-order valence-corrected chi connectivity index (χ2v) is 5.02. The molecule has 0 aliphatic carbocycles. The average Bonchev–Trinajstić information content (AvgIpc) is 2.27. The van der Waals surface area contributed by atoms with Crippen molar-refractivity contribution in [2.45, 2.75) is 38.3 Å². The van der Waals surface area contributed by atoms with Crippen molar-refractivity contribution in [3.63, 3.8) is 0 Å². The van der Waals surface area contributed by atoms with Crippen molar-refractivity contribution >= 4 is 0 Å². The van der Waals surface area contributed by atoms with Gasteiger partial charge in [0.05, 0.1) is 6.42 Å². The van der Waals surface area contributed by atoms with Gasteiger partial charge in [0, 0.05) is 6.54 Å². The zero-order chi connectivity index (χ0) is 12.7. The quantitative estimate of drug-likeness (QED) is 0.782. The van der Waals surface area contributed by atoms with Gasteiger partial charge in [-0.2, -0.15) is 13.2 Å². The number of rotatable bonds is 6. The summed E-state index contributed by atoms with van der Waals surface area (Å²) in [7, 11) is 1.77. The minimum absolute atomic E-state index is 0.117. The van der Waals surface area contributed by atoms with Gasteiger partial charge < -0.3 is 10.2 Å². The van der Waals surface area contributed by atoms with E-state index in [1.54, 1.807) is 11.9 Å². The molecule has 102 valence electrons. The van der Waals surface area contributed by atoms with Gasteiger partial charge in [0.25, 0.3) is 0 Å². The highest BCUT2D eigenvalue weighted by molar-refractivity contribution is 4.69. The Balaban J connectivity index is 2.01. The highest BCUT2D eigenvalue weighted by Gasteiger charge is 2.26. The van der Waals surface area contributed by atoms with Gasteiger partial charge in [-0.1, -0.05) is 0 Å².